The molecule has 1 atom stereocenters. The van der Waals surface area contributed by atoms with Crippen LogP contribution in [0.15, 0.2) is 48.5 Å². The molecule has 7 heteroatoms. The van der Waals surface area contributed by atoms with Gasteiger partial charge in [0.05, 0.1) is 17.3 Å². The summed E-state index contributed by atoms with van der Waals surface area (Å²) in [7, 11) is 0. The molecule has 0 radical (unpaired) electrons. The van der Waals surface area contributed by atoms with Crippen molar-refractivity contribution in [3.8, 4) is 5.75 Å². The van der Waals surface area contributed by atoms with Crippen LogP contribution in [0.2, 0.25) is 0 Å². The summed E-state index contributed by atoms with van der Waals surface area (Å²) in [6, 6.07) is 14.9. The highest BCUT2D eigenvalue weighted by Gasteiger charge is 2.52. The van der Waals surface area contributed by atoms with Crippen molar-refractivity contribution in [3.05, 3.63) is 54.1 Å². The van der Waals surface area contributed by atoms with Gasteiger partial charge in [0.15, 0.2) is 0 Å². The molecule has 3 aliphatic rings. The first kappa shape index (κ1) is 23.9. The second-order valence-corrected chi connectivity index (χ2v) is 10.2. The molecule has 2 aromatic rings. The first-order valence-electron chi connectivity index (χ1n) is 13.1. The summed E-state index contributed by atoms with van der Waals surface area (Å²) in [5.74, 6) is -0.122. The van der Waals surface area contributed by atoms with Crippen molar-refractivity contribution in [1.29, 1.82) is 0 Å². The van der Waals surface area contributed by atoms with E-state index in [-0.39, 0.29) is 23.6 Å². The van der Waals surface area contributed by atoms with Crippen LogP contribution in [0, 0.1) is 11.8 Å². The number of amides is 1. The summed E-state index contributed by atoms with van der Waals surface area (Å²) in [5, 5.41) is 10.7. The molecule has 1 heterocycles. The van der Waals surface area contributed by atoms with Crippen LogP contribution < -0.4 is 20.7 Å². The number of carbonyl (C=O) groups excluding carboxylic acids is 1. The SMILES string of the molecule is O=C(NC1CCCCC1)C(C1CCCCC1)C1(c2cccc(OC(F)F)c2)Nc2ccccc2N1. The zero-order valence-electron chi connectivity index (χ0n) is 20.1. The second kappa shape index (κ2) is 10.4. The van der Waals surface area contributed by atoms with E-state index >= 15 is 0 Å². The molecular weight excluding hydrogens is 448 g/mol. The lowest BCUT2D eigenvalue weighted by atomic mass is 9.71. The summed E-state index contributed by atoms with van der Waals surface area (Å²) in [5.41, 5.74) is 1.56. The predicted octanol–water partition coefficient (Wildman–Crippen LogP) is 6.62. The van der Waals surface area contributed by atoms with Crippen LogP contribution in [0.5, 0.6) is 5.75 Å². The number of ether oxygens (including phenoxy) is 1. The maximum Gasteiger partial charge on any atom is 0.387 e. The Hall–Kier alpha value is -2.83. The van der Waals surface area contributed by atoms with Crippen molar-refractivity contribution in [2.75, 3.05) is 10.6 Å². The van der Waals surface area contributed by atoms with Gasteiger partial charge in [0.25, 0.3) is 0 Å². The minimum atomic E-state index is -2.91. The maximum atomic E-state index is 14.1. The zero-order valence-corrected chi connectivity index (χ0v) is 20.1. The predicted molar refractivity (Wildman–Crippen MR) is 134 cm³/mol. The van der Waals surface area contributed by atoms with Gasteiger partial charge in [-0.15, -0.1) is 0 Å². The average Bonchev–Trinajstić information content (AvgIpc) is 3.25. The number of rotatable bonds is 7. The number of alkyl halides is 2. The number of benzene rings is 2. The Morgan fingerprint density at radius 1 is 0.886 bits per heavy atom. The molecule has 188 valence electrons. The van der Waals surface area contributed by atoms with Gasteiger partial charge in [0, 0.05) is 11.6 Å². The molecular formula is C28H35F2N3O2. The molecule has 2 aromatic carbocycles. The number of halogens is 2. The fraction of sp³-hybridized carbons (Fsp3) is 0.536. The van der Waals surface area contributed by atoms with E-state index in [1.807, 2.05) is 30.3 Å². The lowest BCUT2D eigenvalue weighted by Crippen LogP contribution is -2.56. The van der Waals surface area contributed by atoms with Gasteiger partial charge >= 0.3 is 6.61 Å². The van der Waals surface area contributed by atoms with Gasteiger partial charge in [-0.25, -0.2) is 0 Å². The number of fused-ring (bicyclic) bond motifs is 1. The molecule has 2 aliphatic carbocycles. The molecule has 2 saturated carbocycles. The molecule has 35 heavy (non-hydrogen) atoms. The molecule has 3 N–H and O–H groups in total. The highest BCUT2D eigenvalue weighted by Crippen LogP contribution is 2.49. The third-order valence-electron chi connectivity index (χ3n) is 7.93. The van der Waals surface area contributed by atoms with E-state index in [9.17, 15) is 13.6 Å². The van der Waals surface area contributed by atoms with Gasteiger partial charge in [-0.05, 0) is 55.9 Å². The van der Waals surface area contributed by atoms with Crippen molar-refractivity contribution in [2.45, 2.75) is 82.5 Å². The van der Waals surface area contributed by atoms with Gasteiger partial charge in [0.1, 0.15) is 11.4 Å². The van der Waals surface area contributed by atoms with Gasteiger partial charge in [0.2, 0.25) is 5.91 Å². The zero-order chi connectivity index (χ0) is 24.3. The average molecular weight is 484 g/mol. The third kappa shape index (κ3) is 5.09. The van der Waals surface area contributed by atoms with Crippen LogP contribution >= 0.6 is 0 Å². The Balaban J connectivity index is 1.57. The van der Waals surface area contributed by atoms with Crippen LogP contribution in [-0.4, -0.2) is 18.6 Å². The Labute approximate surface area is 206 Å². The molecule has 0 aromatic heterocycles. The van der Waals surface area contributed by atoms with E-state index in [1.54, 1.807) is 12.1 Å². The van der Waals surface area contributed by atoms with E-state index in [0.29, 0.717) is 0 Å². The molecule has 1 amide bonds. The van der Waals surface area contributed by atoms with Gasteiger partial charge in [-0.1, -0.05) is 62.8 Å². The van der Waals surface area contributed by atoms with Gasteiger partial charge < -0.3 is 20.7 Å². The fourth-order valence-electron chi connectivity index (χ4n) is 6.32. The van der Waals surface area contributed by atoms with E-state index in [2.05, 4.69) is 16.0 Å². The largest absolute Gasteiger partial charge is 0.435 e. The van der Waals surface area contributed by atoms with E-state index < -0.39 is 18.2 Å². The number of carbonyl (C=O) groups is 1. The van der Waals surface area contributed by atoms with Crippen molar-refractivity contribution < 1.29 is 18.3 Å². The first-order chi connectivity index (χ1) is 17.0. The number of nitrogens with one attached hydrogen (secondary N) is 3. The topological polar surface area (TPSA) is 62.4 Å². The molecule has 1 unspecified atom stereocenters. The molecule has 0 bridgehead atoms. The maximum absolute atomic E-state index is 14.1. The minimum Gasteiger partial charge on any atom is -0.435 e. The molecule has 0 spiro atoms. The highest BCUT2D eigenvalue weighted by atomic mass is 19.3. The van der Waals surface area contributed by atoms with Crippen LogP contribution in [0.3, 0.4) is 0 Å². The van der Waals surface area contributed by atoms with Crippen LogP contribution in [-0.2, 0) is 10.5 Å². The lowest BCUT2D eigenvalue weighted by molar-refractivity contribution is -0.130. The quantitative estimate of drug-likeness (QED) is 0.414. The molecule has 1 aliphatic heterocycles. The minimum absolute atomic E-state index is 0.0387. The standard InChI is InChI=1S/C28H35F2N3O2/c29-27(30)35-22-15-9-12-20(18-22)28(32-23-16-7-8-17-24(23)33-28)25(19-10-3-1-4-11-19)26(34)31-21-13-5-2-6-14-21/h7-9,12,15-19,21,25,27,32-33H,1-6,10-11,13-14H2,(H,31,34). The number of anilines is 2. The fourth-order valence-corrected chi connectivity index (χ4v) is 6.32. The molecule has 2 fully saturated rings. The Kier molecular flexibility index (Phi) is 7.12. The molecule has 0 saturated heterocycles. The van der Waals surface area contributed by atoms with Crippen molar-refractivity contribution >= 4 is 17.3 Å². The van der Waals surface area contributed by atoms with E-state index in [0.717, 1.165) is 68.3 Å². The normalized spacial score (nSPS) is 21.0. The lowest BCUT2D eigenvalue weighted by Gasteiger charge is -2.44. The summed E-state index contributed by atoms with van der Waals surface area (Å²) in [4.78, 5) is 14.1. The summed E-state index contributed by atoms with van der Waals surface area (Å²) in [6.07, 6.45) is 10.8. The van der Waals surface area contributed by atoms with E-state index in [4.69, 9.17) is 4.74 Å². The molecule has 5 rings (SSSR count). The van der Waals surface area contributed by atoms with Gasteiger partial charge in [-0.3, -0.25) is 4.79 Å². The molecule has 5 nitrogen and oxygen atoms in total. The van der Waals surface area contributed by atoms with Crippen molar-refractivity contribution in [2.24, 2.45) is 11.8 Å². The Bertz CT molecular complexity index is 994. The second-order valence-electron chi connectivity index (χ2n) is 10.2. The first-order valence-corrected chi connectivity index (χ1v) is 13.1. The van der Waals surface area contributed by atoms with Gasteiger partial charge in [-0.2, -0.15) is 8.78 Å². The Morgan fingerprint density at radius 2 is 1.51 bits per heavy atom. The third-order valence-corrected chi connectivity index (χ3v) is 7.93. The summed E-state index contributed by atoms with van der Waals surface area (Å²) < 4.78 is 30.9. The monoisotopic (exact) mass is 483 g/mol. The summed E-state index contributed by atoms with van der Waals surface area (Å²) in [6.45, 7) is -2.91. The number of para-hydroxylation sites is 2. The highest BCUT2D eigenvalue weighted by molar-refractivity contribution is 5.86. The van der Waals surface area contributed by atoms with Crippen LogP contribution in [0.25, 0.3) is 0 Å². The van der Waals surface area contributed by atoms with Crippen molar-refractivity contribution in [1.82, 2.24) is 5.32 Å². The smallest absolute Gasteiger partial charge is 0.387 e. The van der Waals surface area contributed by atoms with Crippen molar-refractivity contribution in [3.63, 3.8) is 0 Å². The van der Waals surface area contributed by atoms with Crippen LogP contribution in [0.1, 0.15) is 69.8 Å². The van der Waals surface area contributed by atoms with Crippen LogP contribution in [0.4, 0.5) is 20.2 Å². The summed E-state index contributed by atoms with van der Waals surface area (Å²) >= 11 is 0. The van der Waals surface area contributed by atoms with E-state index in [1.165, 1.54) is 18.9 Å². The number of hydrogen-bond donors (Lipinski definition) is 3. The Morgan fingerprint density at radius 3 is 2.14 bits per heavy atom. The number of hydrogen-bond acceptors (Lipinski definition) is 4.